The highest BCUT2D eigenvalue weighted by Gasteiger charge is 2.26. The lowest BCUT2D eigenvalue weighted by Crippen LogP contribution is -2.47. The van der Waals surface area contributed by atoms with E-state index in [1.54, 1.807) is 0 Å². The molecule has 1 atom stereocenters. The number of nitrogens with one attached hydrogen (secondary N) is 1. The Labute approximate surface area is 133 Å². The zero-order valence-corrected chi connectivity index (χ0v) is 13.9. The van der Waals surface area contributed by atoms with Crippen LogP contribution in [0.1, 0.15) is 31.4 Å². The van der Waals surface area contributed by atoms with E-state index in [-0.39, 0.29) is 0 Å². The Morgan fingerprint density at radius 1 is 1.24 bits per heavy atom. The van der Waals surface area contributed by atoms with Crippen LogP contribution in [0.2, 0.25) is 5.02 Å². The summed E-state index contributed by atoms with van der Waals surface area (Å²) in [5.74, 6) is 0.988. The average Bonchev–Trinajstić information content (AvgIpc) is 3.31. The molecule has 1 saturated heterocycles. The predicted molar refractivity (Wildman–Crippen MR) is 90.3 cm³/mol. The van der Waals surface area contributed by atoms with Gasteiger partial charge in [-0.1, -0.05) is 17.7 Å². The number of benzene rings is 1. The molecule has 1 N–H and O–H groups in total. The summed E-state index contributed by atoms with van der Waals surface area (Å²) in [5.41, 5.74) is 2.44. The largest absolute Gasteiger partial charge is 0.368 e. The van der Waals surface area contributed by atoms with Crippen molar-refractivity contribution in [2.45, 2.75) is 25.8 Å². The van der Waals surface area contributed by atoms with Crippen molar-refractivity contribution >= 4 is 17.3 Å². The first-order chi connectivity index (χ1) is 10.2. The minimum Gasteiger partial charge on any atom is -0.368 e. The van der Waals surface area contributed by atoms with Gasteiger partial charge in [-0.15, -0.1) is 0 Å². The third-order valence-corrected chi connectivity index (χ3v) is 5.13. The summed E-state index contributed by atoms with van der Waals surface area (Å²) in [4.78, 5) is 5.04. The summed E-state index contributed by atoms with van der Waals surface area (Å²) in [6, 6.07) is 6.82. The zero-order chi connectivity index (χ0) is 14.8. The van der Waals surface area contributed by atoms with Gasteiger partial charge in [-0.05, 0) is 50.4 Å². The van der Waals surface area contributed by atoms with Crippen LogP contribution in [0.25, 0.3) is 0 Å². The van der Waals surface area contributed by atoms with E-state index in [1.165, 1.54) is 43.7 Å². The average molecular weight is 308 g/mol. The first kappa shape index (κ1) is 15.1. The Morgan fingerprint density at radius 3 is 2.52 bits per heavy atom. The van der Waals surface area contributed by atoms with Crippen LogP contribution >= 0.6 is 11.6 Å². The Kier molecular flexibility index (Phi) is 4.72. The van der Waals surface area contributed by atoms with E-state index >= 15 is 0 Å². The van der Waals surface area contributed by atoms with Gasteiger partial charge in [0.05, 0.1) is 10.7 Å². The predicted octanol–water partition coefficient (Wildman–Crippen LogP) is 3.15. The minimum absolute atomic E-state index is 0.340. The van der Waals surface area contributed by atoms with Crippen molar-refractivity contribution in [2.75, 3.05) is 44.7 Å². The van der Waals surface area contributed by atoms with Crippen molar-refractivity contribution in [3.05, 3.63) is 28.8 Å². The summed E-state index contributed by atoms with van der Waals surface area (Å²) >= 11 is 6.51. The van der Waals surface area contributed by atoms with Gasteiger partial charge in [0.15, 0.2) is 0 Å². The van der Waals surface area contributed by atoms with Crippen LogP contribution < -0.4 is 10.2 Å². The third kappa shape index (κ3) is 3.71. The maximum atomic E-state index is 6.51. The standard InChI is InChI=1S/C17H26ClN3/c1-13(19-2)15-5-6-17(16(18)11-15)21-9-7-20(8-10-21)12-14-3-4-14/h5-6,11,13-14,19H,3-4,7-10,12H2,1-2H3. The van der Waals surface area contributed by atoms with E-state index in [9.17, 15) is 0 Å². The van der Waals surface area contributed by atoms with Gasteiger partial charge in [-0.25, -0.2) is 0 Å². The number of hydrogen-bond acceptors (Lipinski definition) is 3. The van der Waals surface area contributed by atoms with Gasteiger partial charge < -0.3 is 10.2 Å². The van der Waals surface area contributed by atoms with Crippen LogP contribution in [-0.4, -0.2) is 44.7 Å². The Balaban J connectivity index is 1.61. The van der Waals surface area contributed by atoms with Crippen LogP contribution in [0.5, 0.6) is 0 Å². The topological polar surface area (TPSA) is 18.5 Å². The fourth-order valence-corrected chi connectivity index (χ4v) is 3.36. The molecule has 0 aromatic heterocycles. The fourth-order valence-electron chi connectivity index (χ4n) is 3.05. The summed E-state index contributed by atoms with van der Waals surface area (Å²) in [5, 5.41) is 4.14. The van der Waals surface area contributed by atoms with Crippen molar-refractivity contribution in [3.63, 3.8) is 0 Å². The second-order valence-electron chi connectivity index (χ2n) is 6.45. The lowest BCUT2D eigenvalue weighted by atomic mass is 10.1. The first-order valence-electron chi connectivity index (χ1n) is 8.11. The summed E-state index contributed by atoms with van der Waals surface area (Å²) in [6.45, 7) is 7.98. The molecule has 0 radical (unpaired) electrons. The molecular formula is C17H26ClN3. The van der Waals surface area contributed by atoms with Crippen molar-refractivity contribution < 1.29 is 0 Å². The molecule has 1 unspecified atom stereocenters. The lowest BCUT2D eigenvalue weighted by molar-refractivity contribution is 0.248. The smallest absolute Gasteiger partial charge is 0.0642 e. The van der Waals surface area contributed by atoms with Gasteiger partial charge in [-0.3, -0.25) is 4.90 Å². The molecular weight excluding hydrogens is 282 g/mol. The van der Waals surface area contributed by atoms with Crippen molar-refractivity contribution in [1.29, 1.82) is 0 Å². The molecule has 1 aliphatic carbocycles. The number of nitrogens with zero attached hydrogens (tertiary/aromatic N) is 2. The highest BCUT2D eigenvalue weighted by molar-refractivity contribution is 6.33. The van der Waals surface area contributed by atoms with Gasteiger partial charge in [0, 0.05) is 38.8 Å². The van der Waals surface area contributed by atoms with Crippen LogP contribution in [0.4, 0.5) is 5.69 Å². The molecule has 1 saturated carbocycles. The van der Waals surface area contributed by atoms with Gasteiger partial charge in [-0.2, -0.15) is 0 Å². The zero-order valence-electron chi connectivity index (χ0n) is 13.1. The Morgan fingerprint density at radius 2 is 1.95 bits per heavy atom. The number of piperazine rings is 1. The normalized spacial score (nSPS) is 21.6. The highest BCUT2D eigenvalue weighted by atomic mass is 35.5. The molecule has 4 heteroatoms. The minimum atomic E-state index is 0.340. The summed E-state index contributed by atoms with van der Waals surface area (Å²) in [6.07, 6.45) is 2.88. The number of rotatable bonds is 5. The van der Waals surface area contributed by atoms with Gasteiger partial charge in [0.25, 0.3) is 0 Å². The number of hydrogen-bond donors (Lipinski definition) is 1. The molecule has 116 valence electrons. The van der Waals surface area contributed by atoms with E-state index in [0.29, 0.717) is 6.04 Å². The highest BCUT2D eigenvalue weighted by Crippen LogP contribution is 2.32. The van der Waals surface area contributed by atoms with Crippen LogP contribution in [0.3, 0.4) is 0 Å². The van der Waals surface area contributed by atoms with Crippen molar-refractivity contribution in [1.82, 2.24) is 10.2 Å². The van der Waals surface area contributed by atoms with Gasteiger partial charge >= 0.3 is 0 Å². The van der Waals surface area contributed by atoms with Crippen LogP contribution in [-0.2, 0) is 0 Å². The Hall–Kier alpha value is -0.770. The van der Waals surface area contributed by atoms with E-state index < -0.39 is 0 Å². The molecule has 0 bridgehead atoms. The molecule has 1 heterocycles. The SMILES string of the molecule is CNC(C)c1ccc(N2CCN(CC3CC3)CC2)c(Cl)c1. The maximum Gasteiger partial charge on any atom is 0.0642 e. The maximum absolute atomic E-state index is 6.51. The molecule has 0 spiro atoms. The molecule has 1 aliphatic heterocycles. The van der Waals surface area contributed by atoms with Crippen molar-refractivity contribution in [3.8, 4) is 0 Å². The van der Waals surface area contributed by atoms with Gasteiger partial charge in [0.2, 0.25) is 0 Å². The molecule has 1 aromatic rings. The van der Waals surface area contributed by atoms with E-state index in [1.807, 2.05) is 7.05 Å². The second-order valence-corrected chi connectivity index (χ2v) is 6.86. The van der Waals surface area contributed by atoms with E-state index in [4.69, 9.17) is 11.6 Å². The monoisotopic (exact) mass is 307 g/mol. The molecule has 2 aliphatic rings. The molecule has 0 amide bonds. The molecule has 3 rings (SSSR count). The summed E-state index contributed by atoms with van der Waals surface area (Å²) < 4.78 is 0. The number of halogens is 1. The fraction of sp³-hybridized carbons (Fsp3) is 0.647. The van der Waals surface area contributed by atoms with Crippen LogP contribution in [0, 0.1) is 5.92 Å². The summed E-state index contributed by atoms with van der Waals surface area (Å²) in [7, 11) is 1.98. The van der Waals surface area contributed by atoms with E-state index in [2.05, 4.69) is 40.2 Å². The van der Waals surface area contributed by atoms with E-state index in [0.717, 1.165) is 24.0 Å². The second kappa shape index (κ2) is 6.55. The lowest BCUT2D eigenvalue weighted by Gasteiger charge is -2.36. The number of anilines is 1. The van der Waals surface area contributed by atoms with Crippen LogP contribution in [0.15, 0.2) is 18.2 Å². The first-order valence-corrected chi connectivity index (χ1v) is 8.49. The molecule has 3 nitrogen and oxygen atoms in total. The third-order valence-electron chi connectivity index (χ3n) is 4.83. The molecule has 1 aromatic carbocycles. The molecule has 21 heavy (non-hydrogen) atoms. The van der Waals surface area contributed by atoms with Gasteiger partial charge in [0.1, 0.15) is 0 Å². The molecule has 2 fully saturated rings. The quantitative estimate of drug-likeness (QED) is 0.901. The van der Waals surface area contributed by atoms with Crippen molar-refractivity contribution in [2.24, 2.45) is 5.92 Å². The Bertz CT molecular complexity index is 479.